The molecule has 1 saturated heterocycles. The van der Waals surface area contributed by atoms with Crippen molar-refractivity contribution in [3.8, 4) is 0 Å². The number of hydrogen-bond donors (Lipinski definition) is 2. The van der Waals surface area contributed by atoms with E-state index in [9.17, 15) is 9.18 Å². The molecule has 2 fully saturated rings. The first-order chi connectivity index (χ1) is 5.79. The van der Waals surface area contributed by atoms with E-state index in [1.807, 2.05) is 0 Å². The number of amides is 1. The van der Waals surface area contributed by atoms with Gasteiger partial charge in [-0.2, -0.15) is 0 Å². The number of carbonyl (C=O) groups excluding carboxylic acids is 1. The highest BCUT2D eigenvalue weighted by atomic mass is 19.1. The van der Waals surface area contributed by atoms with Gasteiger partial charge in [-0.15, -0.1) is 0 Å². The summed E-state index contributed by atoms with van der Waals surface area (Å²) in [5, 5.41) is 11.5. The number of aliphatic hydroxyl groups is 1. The lowest BCUT2D eigenvalue weighted by Gasteiger charge is -2.11. The maximum Gasteiger partial charge on any atom is 0.224 e. The lowest BCUT2D eigenvalue weighted by atomic mass is 10.1. The number of rotatable bonds is 3. The molecule has 0 aromatic heterocycles. The van der Waals surface area contributed by atoms with E-state index in [0.717, 1.165) is 0 Å². The molecule has 2 N–H and O–H groups in total. The summed E-state index contributed by atoms with van der Waals surface area (Å²) in [6.45, 7) is -0.376. The quantitative estimate of drug-likeness (QED) is 0.615. The first-order valence-corrected chi connectivity index (χ1v) is 4.26. The number of halogens is 1. The van der Waals surface area contributed by atoms with Gasteiger partial charge in [0.25, 0.3) is 0 Å². The number of carbonyl (C=O) groups is 1. The lowest BCUT2D eigenvalue weighted by molar-refractivity contribution is -0.121. The van der Waals surface area contributed by atoms with Crippen LogP contribution in [0.15, 0.2) is 0 Å². The molecule has 4 heteroatoms. The third-order valence-electron chi connectivity index (χ3n) is 2.96. The van der Waals surface area contributed by atoms with Crippen LogP contribution in [0.1, 0.15) is 6.42 Å². The van der Waals surface area contributed by atoms with Crippen molar-refractivity contribution in [3.63, 3.8) is 0 Å². The van der Waals surface area contributed by atoms with Crippen molar-refractivity contribution < 1.29 is 14.3 Å². The lowest BCUT2D eigenvalue weighted by Crippen LogP contribution is -2.35. The Balaban J connectivity index is 1.98. The van der Waals surface area contributed by atoms with Crippen molar-refractivity contribution >= 4 is 5.91 Å². The number of piperidine rings is 1. The van der Waals surface area contributed by atoms with Crippen LogP contribution in [0.25, 0.3) is 0 Å². The van der Waals surface area contributed by atoms with E-state index in [1.54, 1.807) is 0 Å². The molecule has 0 radical (unpaired) electrons. The zero-order chi connectivity index (χ0) is 8.72. The van der Waals surface area contributed by atoms with Gasteiger partial charge in [0.05, 0.1) is 19.3 Å². The number of nitrogens with one attached hydrogen (secondary N) is 1. The van der Waals surface area contributed by atoms with Crippen LogP contribution in [-0.4, -0.2) is 30.3 Å². The van der Waals surface area contributed by atoms with Gasteiger partial charge in [0.1, 0.15) is 0 Å². The fourth-order valence-corrected chi connectivity index (χ4v) is 2.36. The molecule has 12 heavy (non-hydrogen) atoms. The molecule has 1 aliphatic carbocycles. The third-order valence-corrected chi connectivity index (χ3v) is 2.96. The van der Waals surface area contributed by atoms with Gasteiger partial charge in [-0.05, 0) is 18.3 Å². The fourth-order valence-electron chi connectivity index (χ4n) is 2.36. The van der Waals surface area contributed by atoms with Crippen LogP contribution in [0, 0.1) is 17.8 Å². The first-order valence-electron chi connectivity index (χ1n) is 4.26. The summed E-state index contributed by atoms with van der Waals surface area (Å²) in [5.41, 5.74) is 0. The average Bonchev–Trinajstić information content (AvgIpc) is 2.64. The Morgan fingerprint density at radius 1 is 1.58 bits per heavy atom. The summed E-state index contributed by atoms with van der Waals surface area (Å²) >= 11 is 0. The molecule has 1 heterocycles. The van der Waals surface area contributed by atoms with Crippen LogP contribution >= 0.6 is 0 Å². The van der Waals surface area contributed by atoms with E-state index >= 15 is 0 Å². The molecule has 0 aromatic rings. The Hall–Kier alpha value is -0.640. The minimum absolute atomic E-state index is 0.00194. The molecule has 2 rings (SSSR count). The summed E-state index contributed by atoms with van der Waals surface area (Å²) in [6, 6.07) is -0.112. The van der Waals surface area contributed by atoms with Crippen LogP contribution in [0.5, 0.6) is 0 Å². The normalized spacial score (nSPS) is 44.0. The third kappa shape index (κ3) is 0.941. The largest absolute Gasteiger partial charge is 0.394 e. The number of fused-ring (bicyclic) bond motifs is 1. The van der Waals surface area contributed by atoms with Gasteiger partial charge in [-0.25, -0.2) is 0 Å². The topological polar surface area (TPSA) is 49.3 Å². The molecule has 68 valence electrons. The van der Waals surface area contributed by atoms with E-state index in [1.165, 1.54) is 0 Å². The Morgan fingerprint density at radius 3 is 2.92 bits per heavy atom. The van der Waals surface area contributed by atoms with E-state index < -0.39 is 0 Å². The zero-order valence-corrected chi connectivity index (χ0v) is 6.66. The van der Waals surface area contributed by atoms with Gasteiger partial charge < -0.3 is 10.4 Å². The number of aliphatic hydroxyl groups excluding tert-OH is 1. The molecule has 0 bridgehead atoms. The minimum atomic E-state index is -0.358. The molecular weight excluding hydrogens is 161 g/mol. The van der Waals surface area contributed by atoms with Crippen LogP contribution in [0.3, 0.4) is 0 Å². The molecule has 0 aromatic carbocycles. The number of hydrogen-bond acceptors (Lipinski definition) is 2. The Kier molecular flexibility index (Phi) is 1.79. The molecule has 1 aliphatic heterocycles. The van der Waals surface area contributed by atoms with Crippen LogP contribution in [0.2, 0.25) is 0 Å². The smallest absolute Gasteiger partial charge is 0.224 e. The van der Waals surface area contributed by atoms with Crippen molar-refractivity contribution in [2.45, 2.75) is 12.5 Å². The van der Waals surface area contributed by atoms with Gasteiger partial charge >= 0.3 is 0 Å². The van der Waals surface area contributed by atoms with Gasteiger partial charge in [0.15, 0.2) is 0 Å². The van der Waals surface area contributed by atoms with Gasteiger partial charge in [-0.1, -0.05) is 0 Å². The van der Waals surface area contributed by atoms with Gasteiger partial charge in [0, 0.05) is 5.92 Å². The maximum absolute atomic E-state index is 12.0. The summed E-state index contributed by atoms with van der Waals surface area (Å²) in [4.78, 5) is 11.1. The van der Waals surface area contributed by atoms with Crippen LogP contribution < -0.4 is 5.32 Å². The van der Waals surface area contributed by atoms with E-state index in [-0.39, 0.29) is 43.0 Å². The molecule has 1 unspecified atom stereocenters. The SMILES string of the molecule is O=C1N[C@H](CO)[C@H]2C(CCF)[C@@H]12. The van der Waals surface area contributed by atoms with Crippen molar-refractivity contribution in [1.82, 2.24) is 5.32 Å². The summed E-state index contributed by atoms with van der Waals surface area (Å²) in [6.07, 6.45) is 0.471. The van der Waals surface area contributed by atoms with E-state index in [0.29, 0.717) is 6.42 Å². The van der Waals surface area contributed by atoms with E-state index in [4.69, 9.17) is 5.11 Å². The van der Waals surface area contributed by atoms with Crippen LogP contribution in [0.4, 0.5) is 4.39 Å². The first kappa shape index (κ1) is 7.98. The van der Waals surface area contributed by atoms with Gasteiger partial charge in [-0.3, -0.25) is 9.18 Å². The van der Waals surface area contributed by atoms with Crippen molar-refractivity contribution in [3.05, 3.63) is 0 Å². The fraction of sp³-hybridized carbons (Fsp3) is 0.875. The standard InChI is InChI=1S/C8H12FNO2/c9-2-1-4-6-5(3-11)10-8(12)7(4)6/h4-7,11H,1-3H2,(H,10,12)/t4?,5-,6-,7-/m1/s1. The van der Waals surface area contributed by atoms with Crippen LogP contribution in [-0.2, 0) is 4.79 Å². The Morgan fingerprint density at radius 2 is 2.33 bits per heavy atom. The number of alkyl halides is 1. The van der Waals surface area contributed by atoms with E-state index in [2.05, 4.69) is 5.32 Å². The highest BCUT2D eigenvalue weighted by molar-refractivity contribution is 5.85. The molecular formula is C8H12FNO2. The van der Waals surface area contributed by atoms with Crippen molar-refractivity contribution in [1.29, 1.82) is 0 Å². The molecule has 1 amide bonds. The summed E-state index contributed by atoms with van der Waals surface area (Å²) in [5.74, 6) is 0.398. The monoisotopic (exact) mass is 173 g/mol. The van der Waals surface area contributed by atoms with Crippen molar-refractivity contribution in [2.24, 2.45) is 17.8 Å². The summed E-state index contributed by atoms with van der Waals surface area (Å²) in [7, 11) is 0. The molecule has 3 nitrogen and oxygen atoms in total. The second-order valence-electron chi connectivity index (χ2n) is 3.54. The highest BCUT2D eigenvalue weighted by Crippen LogP contribution is 2.54. The predicted octanol–water partition coefficient (Wildman–Crippen LogP) is -0.301. The maximum atomic E-state index is 12.0. The molecule has 1 saturated carbocycles. The predicted molar refractivity (Wildman–Crippen MR) is 40.1 cm³/mol. The molecule has 4 atom stereocenters. The zero-order valence-electron chi connectivity index (χ0n) is 6.66. The highest BCUT2D eigenvalue weighted by Gasteiger charge is 2.62. The Bertz CT molecular complexity index is 209. The van der Waals surface area contributed by atoms with Crippen molar-refractivity contribution in [2.75, 3.05) is 13.3 Å². The molecule has 0 spiro atoms. The molecule has 2 aliphatic rings. The summed E-state index contributed by atoms with van der Waals surface area (Å²) < 4.78 is 12.0. The Labute approximate surface area is 70.0 Å². The second kappa shape index (κ2) is 2.69. The van der Waals surface area contributed by atoms with Gasteiger partial charge in [0.2, 0.25) is 5.91 Å². The second-order valence-corrected chi connectivity index (χ2v) is 3.54. The average molecular weight is 173 g/mol. The minimum Gasteiger partial charge on any atom is -0.394 e.